The summed E-state index contributed by atoms with van der Waals surface area (Å²) in [6.07, 6.45) is 53.2. The maximum atomic E-state index is 12.9. The third-order valence-corrected chi connectivity index (χ3v) is 30.5. The molecule has 0 aromatic carbocycles. The van der Waals surface area contributed by atoms with Gasteiger partial charge in [-0.2, -0.15) is 48.1 Å². The molecule has 8 aliphatic carbocycles. The second-order valence-corrected chi connectivity index (χ2v) is 41.3. The van der Waals surface area contributed by atoms with E-state index in [2.05, 4.69) is 103 Å². The number of aromatic nitrogens is 20. The van der Waals surface area contributed by atoms with E-state index < -0.39 is 10.0 Å². The van der Waals surface area contributed by atoms with Gasteiger partial charge in [-0.05, 0) is 245 Å². The largest absolute Gasteiger partial charge is 0.396 e. The van der Waals surface area contributed by atoms with Crippen molar-refractivity contribution in [2.75, 3.05) is 87.9 Å². The molecule has 0 unspecified atom stereocenters. The van der Waals surface area contributed by atoms with E-state index in [0.717, 1.165) is 242 Å². The number of anilines is 8. The Labute approximate surface area is 831 Å². The van der Waals surface area contributed by atoms with Gasteiger partial charge in [0.15, 0.2) is 28.2 Å². The number of carbonyl (C=O) groups is 4. The van der Waals surface area contributed by atoms with E-state index in [0.29, 0.717) is 110 Å². The number of nitrogens with one attached hydrogen (secondary N) is 10. The molecule has 746 valence electrons. The van der Waals surface area contributed by atoms with Crippen molar-refractivity contribution < 1.29 is 42.9 Å². The van der Waals surface area contributed by atoms with Gasteiger partial charge in [0.2, 0.25) is 0 Å². The lowest BCUT2D eigenvalue weighted by Crippen LogP contribution is -2.39. The van der Waals surface area contributed by atoms with Crippen molar-refractivity contribution in [3.05, 3.63) is 245 Å². The summed E-state index contributed by atoms with van der Waals surface area (Å²) < 4.78 is 36.9. The van der Waals surface area contributed by atoms with Gasteiger partial charge in [-0.3, -0.25) is 48.8 Å². The minimum absolute atomic E-state index is 0.0615. The van der Waals surface area contributed by atoms with Crippen LogP contribution < -0.4 is 52.6 Å². The van der Waals surface area contributed by atoms with E-state index in [9.17, 15) is 42.9 Å². The molecule has 0 spiro atoms. The number of sulfonamides is 1. The number of pyridine rings is 5. The van der Waals surface area contributed by atoms with Gasteiger partial charge in [-0.1, -0.05) is 38.5 Å². The molecule has 144 heavy (non-hydrogen) atoms. The summed E-state index contributed by atoms with van der Waals surface area (Å²) in [4.78, 5) is 95.4. The number of hydrogen-bond acceptors (Lipinski definition) is 29. The van der Waals surface area contributed by atoms with Gasteiger partial charge in [0.1, 0.15) is 51.4 Å². The molecule has 0 radical (unpaired) electrons. The second kappa shape index (κ2) is 43.1. The van der Waals surface area contributed by atoms with Crippen molar-refractivity contribution in [3.8, 4) is 0 Å². The third-order valence-electron chi connectivity index (χ3n) is 29.2. The average molecular weight is 1970 g/mol. The summed E-state index contributed by atoms with van der Waals surface area (Å²) in [7, 11) is -3.76. The Kier molecular flexibility index (Phi) is 28.7. The van der Waals surface area contributed by atoms with Crippen molar-refractivity contribution in [1.82, 2.24) is 109 Å². The van der Waals surface area contributed by atoms with E-state index in [4.69, 9.17) is 24.9 Å². The van der Waals surface area contributed by atoms with Crippen molar-refractivity contribution >= 4 is 108 Å². The Morgan fingerprint density at radius 3 is 0.986 bits per heavy atom. The number of piperidine rings is 2. The lowest BCUT2D eigenvalue weighted by Gasteiger charge is -2.31. The van der Waals surface area contributed by atoms with Crippen LogP contribution in [0.4, 0.5) is 46.5 Å². The molecule has 17 heterocycles. The van der Waals surface area contributed by atoms with Crippen LogP contribution in [0.3, 0.4) is 0 Å². The lowest BCUT2D eigenvalue weighted by atomic mass is 9.85. The van der Waals surface area contributed by atoms with Gasteiger partial charge in [-0.15, -0.1) is 0 Å². The molecule has 10 aliphatic rings. The highest BCUT2D eigenvalue weighted by Gasteiger charge is 2.39. The molecule has 39 nitrogen and oxygen atoms in total. The van der Waals surface area contributed by atoms with E-state index in [1.165, 1.54) is 36.9 Å². The van der Waals surface area contributed by atoms with Gasteiger partial charge in [0.05, 0.1) is 65.4 Å². The second-order valence-electron chi connectivity index (χ2n) is 39.6. The van der Waals surface area contributed by atoms with E-state index in [1.54, 1.807) is 133 Å². The summed E-state index contributed by atoms with van der Waals surface area (Å²) >= 11 is 0. The van der Waals surface area contributed by atoms with Crippen molar-refractivity contribution in [3.63, 3.8) is 0 Å². The summed E-state index contributed by atoms with van der Waals surface area (Å²) in [5.41, 5.74) is 13.2. The number of aliphatic hydroxyl groups is 3. The van der Waals surface area contributed by atoms with Gasteiger partial charge in [-0.25, -0.2) is 33.3 Å². The number of amides is 4. The fourth-order valence-corrected chi connectivity index (χ4v) is 21.3. The van der Waals surface area contributed by atoms with Gasteiger partial charge in [0, 0.05) is 180 Å². The van der Waals surface area contributed by atoms with E-state index >= 15 is 0 Å². The maximum Gasteiger partial charge on any atom is 0.264 e. The highest BCUT2D eigenvalue weighted by Crippen LogP contribution is 2.48. The minimum Gasteiger partial charge on any atom is -0.396 e. The van der Waals surface area contributed by atoms with Crippen LogP contribution in [0, 0.1) is 11.8 Å². The Balaban J connectivity index is 0.000000106. The van der Waals surface area contributed by atoms with Crippen LogP contribution in [-0.2, 0) is 10.0 Å². The Morgan fingerprint density at radius 2 is 0.660 bits per heavy atom. The van der Waals surface area contributed by atoms with Crippen LogP contribution >= 0.6 is 0 Å². The standard InChI is InChI=1S/2C22H26N6O2.C21H24N6O2.C20H22N6O.C19H22N6O2S/c2*29-13-16-4-1-2-6-18(16)25-19-10-20(27-22(30)15-5-3-9-23-11-15)28-21(26-19)17(12-24-28)14-7-8-14;28-13-21(7-1-2-8-21)26-17-10-18(25-20(29)15-4-3-9-22-11-15)27-19(24-17)16(12-23-27)14-5-6-14;27-20(15-2-1-7-22-11-15)25-18-10-17(14-5-8-21-9-6-14)24-19-16(13-3-4-13)12-23-26(18)19;26-28(27,15-2-1-7-21-11-15)24-18-10-17(14-5-8-20-9-6-14)23-19-16(13-3-4-13)12-22-25(18)19/h2*3,5,9-12,14,16,18,29H,1-2,4,6-8,13H2,(H,25,26)(H,27,30);3-4,9-12,14,28H,1-2,5-8,13H2,(H,24,26)(H,25,29);1-2,7,10-14,21H,3-6,8-9H2,(H,25,27);1-2,7,10-14,20,24H,3-6,8-9H2/t16-,18+;16-,18-;;;/m01.../s1. The summed E-state index contributed by atoms with van der Waals surface area (Å²) in [5.74, 6) is 7.60. The fourth-order valence-electron chi connectivity index (χ4n) is 20.3. The van der Waals surface area contributed by atoms with Crippen LogP contribution in [0.1, 0.15) is 289 Å². The topological polar surface area (TPSA) is 499 Å². The van der Waals surface area contributed by atoms with E-state index in [-0.39, 0.29) is 77.8 Å². The number of fused-ring (bicyclic) bond motifs is 5. The third kappa shape index (κ3) is 22.2. The molecule has 25 rings (SSSR count). The number of aliphatic hydroxyl groups excluding tert-OH is 3. The molecule has 0 bridgehead atoms. The molecule has 10 fully saturated rings. The first-order valence-electron chi connectivity index (χ1n) is 50.8. The first kappa shape index (κ1) is 95.8. The van der Waals surface area contributed by atoms with Crippen LogP contribution in [0.2, 0.25) is 0 Å². The van der Waals surface area contributed by atoms with Crippen LogP contribution in [0.5, 0.6) is 0 Å². The fraction of sp³-hybridized carbons (Fsp3) is 0.433. The van der Waals surface area contributed by atoms with Gasteiger partial charge < -0.3 is 63.2 Å². The Morgan fingerprint density at radius 1 is 0.347 bits per heavy atom. The summed E-state index contributed by atoms with van der Waals surface area (Å²) in [6.45, 7) is 4.31. The molecule has 4 amide bonds. The summed E-state index contributed by atoms with van der Waals surface area (Å²) in [5, 5.41) is 81.2. The lowest BCUT2D eigenvalue weighted by molar-refractivity contribution is 0.101. The van der Waals surface area contributed by atoms with Crippen molar-refractivity contribution in [2.45, 2.75) is 231 Å². The predicted octanol–water partition coefficient (Wildman–Crippen LogP) is 14.4. The highest BCUT2D eigenvalue weighted by atomic mass is 32.2. The van der Waals surface area contributed by atoms with Crippen LogP contribution in [0.25, 0.3) is 28.2 Å². The monoisotopic (exact) mass is 1960 g/mol. The van der Waals surface area contributed by atoms with Crippen molar-refractivity contribution in [1.29, 1.82) is 0 Å². The van der Waals surface area contributed by atoms with E-state index in [1.807, 2.05) is 55.2 Å². The normalized spacial score (nSPS) is 19.5. The van der Waals surface area contributed by atoms with Gasteiger partial charge >= 0.3 is 0 Å². The minimum atomic E-state index is -3.76. The highest BCUT2D eigenvalue weighted by molar-refractivity contribution is 7.92. The number of nitrogens with zero attached hydrogens (tertiary/aromatic N) is 20. The molecule has 40 heteroatoms. The molecule has 15 aromatic rings. The molecule has 2 aliphatic heterocycles. The molecule has 13 N–H and O–H groups in total. The SMILES string of the molecule is O=C(Nc1cc(C2CCNCC2)nc2c(C3CC3)cnn12)c1cccnc1.O=C(Nc1cc(NC2(CO)CCCC2)nc2c(C3CC3)cnn12)c1cccnc1.O=C(Nc1cc(N[C@@H]2CCCC[C@@H]2CO)nc2c(C3CC3)cnn12)c1cccnc1.O=C(Nc1cc(N[C@@H]2CCCC[C@H]2CO)nc2c(C3CC3)cnn12)c1cccnc1.O=S(=O)(Nc1cc(C2CCNCC2)nc2c(C3CC3)cnn12)c1cccnc1. The molecule has 15 aromatic heterocycles. The first-order chi connectivity index (χ1) is 70.5. The molecular formula is C104H120N30O9S. The average Bonchev–Trinajstić information content (AvgIpc) is 1.63. The number of carbonyl (C=O) groups excluding carboxylic acids is 4. The smallest absolute Gasteiger partial charge is 0.264 e. The predicted molar refractivity (Wildman–Crippen MR) is 543 cm³/mol. The number of hydrogen-bond donors (Lipinski definition) is 13. The zero-order valence-corrected chi connectivity index (χ0v) is 81.0. The quantitative estimate of drug-likeness (QED) is 0.0227. The first-order valence-corrected chi connectivity index (χ1v) is 52.3. The van der Waals surface area contributed by atoms with Crippen LogP contribution in [0.15, 0.2) is 189 Å². The zero-order chi connectivity index (χ0) is 98.2. The Bertz CT molecular complexity index is 7010. The van der Waals surface area contributed by atoms with Gasteiger partial charge in [0.25, 0.3) is 33.7 Å². The summed E-state index contributed by atoms with van der Waals surface area (Å²) in [6, 6.07) is 26.7. The molecule has 8 saturated carbocycles. The molecule has 4 atom stereocenters. The van der Waals surface area contributed by atoms with Crippen molar-refractivity contribution in [2.24, 2.45) is 11.8 Å². The maximum absolute atomic E-state index is 12.9. The zero-order valence-electron chi connectivity index (χ0n) is 80.1. The van der Waals surface area contributed by atoms with Crippen LogP contribution in [-0.4, -0.2) is 209 Å². The molecule has 2 saturated heterocycles. The number of rotatable bonds is 27. The molecular weight excluding hydrogens is 1850 g/mol. The Hall–Kier alpha value is -14.3.